The van der Waals surface area contributed by atoms with Gasteiger partial charge in [-0.15, -0.1) is 10.2 Å². The highest BCUT2D eigenvalue weighted by Crippen LogP contribution is 2.44. The van der Waals surface area contributed by atoms with Crippen LogP contribution in [0, 0.1) is 11.6 Å². The highest BCUT2D eigenvalue weighted by atomic mass is 19.3. The number of alkyl halides is 2. The Labute approximate surface area is 150 Å². The summed E-state index contributed by atoms with van der Waals surface area (Å²) in [4.78, 5) is 8.30. The van der Waals surface area contributed by atoms with Crippen molar-refractivity contribution in [3.63, 3.8) is 0 Å². The van der Waals surface area contributed by atoms with Crippen LogP contribution in [-0.4, -0.2) is 20.2 Å². The molecule has 0 spiro atoms. The van der Waals surface area contributed by atoms with Gasteiger partial charge in [-0.1, -0.05) is 0 Å². The average molecular weight is 379 g/mol. The second-order valence-electron chi connectivity index (χ2n) is 6.23. The maximum absolute atomic E-state index is 13.6. The fraction of sp³-hybridized carbons (Fsp3) is 0.294. The smallest absolute Gasteiger partial charge is 0.314 e. The lowest BCUT2D eigenvalue weighted by Crippen LogP contribution is -2.42. The lowest BCUT2D eigenvalue weighted by atomic mass is 9.72. The minimum atomic E-state index is -2.88. The molecule has 0 amide bonds. The van der Waals surface area contributed by atoms with Crippen molar-refractivity contribution in [2.75, 3.05) is 5.32 Å². The molecule has 10 heteroatoms. The fourth-order valence-corrected chi connectivity index (χ4v) is 3.02. The predicted octanol–water partition coefficient (Wildman–Crippen LogP) is 4.23. The molecule has 27 heavy (non-hydrogen) atoms. The topological polar surface area (TPSA) is 76.7 Å². The molecule has 0 bridgehead atoms. The Bertz CT molecular complexity index is 953. The van der Waals surface area contributed by atoms with E-state index in [1.54, 1.807) is 0 Å². The molecule has 1 N–H and O–H groups in total. The zero-order valence-electron chi connectivity index (χ0n) is 13.8. The minimum absolute atomic E-state index is 0.159. The van der Waals surface area contributed by atoms with E-state index in [9.17, 15) is 17.6 Å². The van der Waals surface area contributed by atoms with Gasteiger partial charge in [0.25, 0.3) is 11.8 Å². The molecule has 0 atom stereocenters. The fourth-order valence-electron chi connectivity index (χ4n) is 3.02. The molecule has 1 aromatic carbocycles. The van der Waals surface area contributed by atoms with E-state index in [2.05, 4.69) is 25.5 Å². The third kappa shape index (κ3) is 3.34. The Balaban J connectivity index is 1.63. The quantitative estimate of drug-likeness (QED) is 0.669. The number of hydrogen-bond acceptors (Lipinski definition) is 6. The summed E-state index contributed by atoms with van der Waals surface area (Å²) in [5.74, 6) is -2.15. The summed E-state index contributed by atoms with van der Waals surface area (Å²) in [6, 6.07) is 4.78. The van der Waals surface area contributed by atoms with Crippen LogP contribution in [0.2, 0.25) is 0 Å². The van der Waals surface area contributed by atoms with Gasteiger partial charge in [0.2, 0.25) is 5.95 Å². The molecule has 2 aromatic heterocycles. The molecule has 3 aromatic rings. The van der Waals surface area contributed by atoms with Crippen LogP contribution in [0.25, 0.3) is 11.6 Å². The van der Waals surface area contributed by atoms with Crippen LogP contribution in [0.1, 0.15) is 37.1 Å². The van der Waals surface area contributed by atoms with Crippen LogP contribution in [0.3, 0.4) is 0 Å². The van der Waals surface area contributed by atoms with E-state index in [-0.39, 0.29) is 17.5 Å². The molecule has 4 rings (SSSR count). The summed E-state index contributed by atoms with van der Waals surface area (Å²) in [6.07, 6.45) is 0.660. The SMILES string of the molecule is Fc1cc(F)cc(C2(Nc3nccc(-c4nnc(C(F)F)o4)n3)CCC2)c1. The van der Waals surface area contributed by atoms with Crippen LogP contribution in [-0.2, 0) is 5.54 Å². The van der Waals surface area contributed by atoms with Crippen LogP contribution >= 0.6 is 0 Å². The monoisotopic (exact) mass is 379 g/mol. The summed E-state index contributed by atoms with van der Waals surface area (Å²) in [7, 11) is 0. The van der Waals surface area contributed by atoms with E-state index in [1.165, 1.54) is 24.4 Å². The van der Waals surface area contributed by atoms with Gasteiger partial charge in [-0.2, -0.15) is 8.78 Å². The van der Waals surface area contributed by atoms with Crippen molar-refractivity contribution in [2.45, 2.75) is 31.2 Å². The van der Waals surface area contributed by atoms with Crippen molar-refractivity contribution in [3.05, 3.63) is 53.6 Å². The normalized spacial score (nSPS) is 15.6. The Kier molecular flexibility index (Phi) is 4.25. The molecule has 140 valence electrons. The van der Waals surface area contributed by atoms with E-state index in [0.29, 0.717) is 18.4 Å². The number of benzene rings is 1. The molecule has 0 unspecified atom stereocenters. The molecule has 0 saturated heterocycles. The molecule has 0 radical (unpaired) electrons. The summed E-state index contributed by atoms with van der Waals surface area (Å²) < 4.78 is 57.3. The Hall–Kier alpha value is -3.04. The van der Waals surface area contributed by atoms with E-state index in [4.69, 9.17) is 4.42 Å². The van der Waals surface area contributed by atoms with Gasteiger partial charge in [0, 0.05) is 12.3 Å². The van der Waals surface area contributed by atoms with Crippen molar-refractivity contribution >= 4 is 5.95 Å². The largest absolute Gasteiger partial charge is 0.414 e. The lowest BCUT2D eigenvalue weighted by molar-refractivity contribution is 0.116. The summed E-state index contributed by atoms with van der Waals surface area (Å²) in [5, 5.41) is 9.92. The van der Waals surface area contributed by atoms with Gasteiger partial charge >= 0.3 is 6.43 Å². The molecule has 1 aliphatic rings. The molecule has 2 heterocycles. The third-order valence-corrected chi connectivity index (χ3v) is 4.48. The molecule has 1 aliphatic carbocycles. The average Bonchev–Trinajstić information content (AvgIpc) is 3.08. The van der Waals surface area contributed by atoms with Crippen molar-refractivity contribution in [2.24, 2.45) is 0 Å². The van der Waals surface area contributed by atoms with Crippen LogP contribution in [0.5, 0.6) is 0 Å². The first kappa shape index (κ1) is 17.4. The zero-order valence-corrected chi connectivity index (χ0v) is 13.8. The number of nitrogens with one attached hydrogen (secondary N) is 1. The first-order chi connectivity index (χ1) is 12.9. The lowest BCUT2D eigenvalue weighted by Gasteiger charge is -2.43. The van der Waals surface area contributed by atoms with Crippen LogP contribution < -0.4 is 5.32 Å². The van der Waals surface area contributed by atoms with Crippen molar-refractivity contribution in [3.8, 4) is 11.6 Å². The number of hydrogen-bond donors (Lipinski definition) is 1. The second-order valence-corrected chi connectivity index (χ2v) is 6.23. The van der Waals surface area contributed by atoms with Crippen molar-refractivity contribution < 1.29 is 22.0 Å². The number of nitrogens with zero attached hydrogens (tertiary/aromatic N) is 4. The Morgan fingerprint density at radius 3 is 2.41 bits per heavy atom. The maximum atomic E-state index is 13.6. The van der Waals surface area contributed by atoms with E-state index >= 15 is 0 Å². The van der Waals surface area contributed by atoms with E-state index < -0.39 is 29.5 Å². The first-order valence-electron chi connectivity index (χ1n) is 8.15. The van der Waals surface area contributed by atoms with E-state index in [0.717, 1.165) is 12.5 Å². The van der Waals surface area contributed by atoms with Crippen molar-refractivity contribution in [1.29, 1.82) is 0 Å². The molecule has 0 aliphatic heterocycles. The maximum Gasteiger partial charge on any atom is 0.314 e. The van der Waals surface area contributed by atoms with Crippen molar-refractivity contribution in [1.82, 2.24) is 20.2 Å². The predicted molar refractivity (Wildman–Crippen MR) is 85.8 cm³/mol. The van der Waals surface area contributed by atoms with Gasteiger partial charge in [-0.25, -0.2) is 18.7 Å². The number of rotatable bonds is 5. The molecular formula is C17H13F4N5O. The van der Waals surface area contributed by atoms with Gasteiger partial charge < -0.3 is 9.73 Å². The number of anilines is 1. The summed E-state index contributed by atoms with van der Waals surface area (Å²) >= 11 is 0. The molecule has 1 saturated carbocycles. The van der Waals surface area contributed by atoms with Gasteiger partial charge in [0.1, 0.15) is 17.3 Å². The molecule has 6 nitrogen and oxygen atoms in total. The number of aromatic nitrogens is 4. The Morgan fingerprint density at radius 2 is 1.81 bits per heavy atom. The number of halogens is 4. The molecular weight excluding hydrogens is 366 g/mol. The summed E-state index contributed by atoms with van der Waals surface area (Å²) in [6.45, 7) is 0. The van der Waals surface area contributed by atoms with Gasteiger partial charge in [-0.05, 0) is 43.0 Å². The zero-order chi connectivity index (χ0) is 19.0. The first-order valence-corrected chi connectivity index (χ1v) is 8.15. The minimum Gasteiger partial charge on any atom is -0.414 e. The molecule has 1 fully saturated rings. The third-order valence-electron chi connectivity index (χ3n) is 4.48. The second kappa shape index (κ2) is 6.60. The van der Waals surface area contributed by atoms with Gasteiger partial charge in [0.15, 0.2) is 0 Å². The summed E-state index contributed by atoms with van der Waals surface area (Å²) in [5.41, 5.74) is -0.0883. The van der Waals surface area contributed by atoms with Crippen LogP contribution in [0.15, 0.2) is 34.9 Å². The van der Waals surface area contributed by atoms with Gasteiger partial charge in [-0.3, -0.25) is 0 Å². The van der Waals surface area contributed by atoms with Gasteiger partial charge in [0.05, 0.1) is 5.54 Å². The van der Waals surface area contributed by atoms with Crippen LogP contribution in [0.4, 0.5) is 23.5 Å². The highest BCUT2D eigenvalue weighted by molar-refractivity contribution is 5.50. The standard InChI is InChI=1S/C17H13F4N5O/c18-10-6-9(7-11(19)8-10)17(3-1-4-17)24-16-22-5-2-12(23-16)14-25-26-15(27-14)13(20)21/h2,5-8,13H,1,3-4H2,(H,22,23,24). The Morgan fingerprint density at radius 1 is 1.07 bits per heavy atom. The van der Waals surface area contributed by atoms with E-state index in [1.807, 2.05) is 0 Å². The highest BCUT2D eigenvalue weighted by Gasteiger charge is 2.40.